The third-order valence-electron chi connectivity index (χ3n) is 7.96. The van der Waals surface area contributed by atoms with Crippen LogP contribution in [0.4, 0.5) is 0 Å². The van der Waals surface area contributed by atoms with Crippen molar-refractivity contribution >= 4 is 68.4 Å². The fraction of sp³-hybridized carbons (Fsp3) is 0.212. The number of aromatic nitrogens is 4. The van der Waals surface area contributed by atoms with Crippen molar-refractivity contribution < 1.29 is 19.8 Å². The van der Waals surface area contributed by atoms with E-state index in [2.05, 4.69) is 23.1 Å². The van der Waals surface area contributed by atoms with Crippen molar-refractivity contribution in [2.75, 3.05) is 0 Å². The van der Waals surface area contributed by atoms with E-state index in [4.69, 9.17) is 9.97 Å². The number of carboxylic acid groups (broad SMARTS) is 2. The van der Waals surface area contributed by atoms with Gasteiger partial charge in [0, 0.05) is 39.6 Å². The zero-order valence-electron chi connectivity index (χ0n) is 23.6. The molecule has 4 N–H and O–H groups in total. The predicted molar refractivity (Wildman–Crippen MR) is 165 cm³/mol. The maximum absolute atomic E-state index is 11.8. The molecule has 2 aliphatic rings. The number of aromatic amines is 2. The first-order valence-electron chi connectivity index (χ1n) is 13.4. The van der Waals surface area contributed by atoms with Crippen LogP contribution in [-0.4, -0.2) is 42.1 Å². The van der Waals surface area contributed by atoms with Gasteiger partial charge in [-0.3, -0.25) is 9.59 Å². The number of fused-ring (bicyclic) bond motifs is 8. The van der Waals surface area contributed by atoms with Gasteiger partial charge in [-0.15, -0.1) is 0 Å². The number of aliphatic carboxylic acids is 2. The minimum Gasteiger partial charge on any atom is -0.481 e. The highest BCUT2D eigenvalue weighted by molar-refractivity contribution is 6.00. The maximum atomic E-state index is 11.8. The molecule has 0 saturated carbocycles. The summed E-state index contributed by atoms with van der Waals surface area (Å²) < 4.78 is 0. The Morgan fingerprint density at radius 3 is 1.73 bits per heavy atom. The minimum absolute atomic E-state index is 0.0544. The zero-order valence-corrected chi connectivity index (χ0v) is 23.6. The molecule has 0 spiro atoms. The molecule has 0 aliphatic carbocycles. The summed E-state index contributed by atoms with van der Waals surface area (Å²) in [6.45, 7) is 15.9. The van der Waals surface area contributed by atoms with Crippen molar-refractivity contribution in [1.82, 2.24) is 19.9 Å². The van der Waals surface area contributed by atoms with Gasteiger partial charge < -0.3 is 20.2 Å². The molecule has 2 aliphatic heterocycles. The summed E-state index contributed by atoms with van der Waals surface area (Å²) >= 11 is 0. The van der Waals surface area contributed by atoms with Gasteiger partial charge in [0.2, 0.25) is 0 Å². The molecule has 3 aromatic rings. The fourth-order valence-corrected chi connectivity index (χ4v) is 5.59. The molecule has 8 heteroatoms. The highest BCUT2D eigenvalue weighted by Gasteiger charge is 2.23. The standard InChI is InChI=1S/C33H32N4O4/c1-7-20-16(3)24-12-25-18(5)22(9-10-32(38)39)30(36-25)15-31-23(11-33(40)41)19(6)27(37-31)14-29-21(8-2)17(4)26(35-29)13-28(20)34-24/h7-8,12-15,34-35H,1-2,9-11H2,3-6H3,(H,38,39)(H,40,41). The number of allylic oxidation sites excluding steroid dienone is 3. The van der Waals surface area contributed by atoms with E-state index in [9.17, 15) is 19.8 Å². The van der Waals surface area contributed by atoms with Crippen LogP contribution in [0.5, 0.6) is 0 Å². The van der Waals surface area contributed by atoms with E-state index in [0.717, 1.165) is 61.0 Å². The van der Waals surface area contributed by atoms with Crippen LogP contribution in [-0.2, 0) is 9.59 Å². The SMILES string of the molecule is C=Cc1c(C)c2cc3[nH]c(cc4nc(cc5nc(cc1[nH]2)C(C)=C5CC(=O)O)C(CCC(=O)O)=C4C)c(C)c3C=C. The number of nitrogens with one attached hydrogen (secondary N) is 2. The van der Waals surface area contributed by atoms with Crippen molar-refractivity contribution in [3.63, 3.8) is 0 Å². The van der Waals surface area contributed by atoms with Crippen LogP contribution in [0.1, 0.15) is 78.1 Å². The molecule has 3 aromatic heterocycles. The lowest BCUT2D eigenvalue weighted by atomic mass is 9.99. The van der Waals surface area contributed by atoms with Gasteiger partial charge in [-0.25, -0.2) is 9.97 Å². The first-order chi connectivity index (χ1) is 19.5. The summed E-state index contributed by atoms with van der Waals surface area (Å²) in [6, 6.07) is 7.71. The number of nitrogens with zero attached hydrogens (tertiary/aromatic N) is 2. The van der Waals surface area contributed by atoms with Crippen molar-refractivity contribution in [3.8, 4) is 0 Å². The molecule has 5 heterocycles. The summed E-state index contributed by atoms with van der Waals surface area (Å²) in [6.07, 6.45) is 3.66. The van der Waals surface area contributed by atoms with E-state index in [-0.39, 0.29) is 19.3 Å². The molecule has 0 unspecified atom stereocenters. The highest BCUT2D eigenvalue weighted by Crippen LogP contribution is 2.37. The summed E-state index contributed by atoms with van der Waals surface area (Å²) in [5, 5.41) is 19.1. The molecule has 0 amide bonds. The molecule has 0 saturated heterocycles. The lowest BCUT2D eigenvalue weighted by molar-refractivity contribution is -0.137. The van der Waals surface area contributed by atoms with Gasteiger partial charge >= 0.3 is 11.9 Å². The van der Waals surface area contributed by atoms with E-state index in [1.807, 2.05) is 52.0 Å². The fourth-order valence-electron chi connectivity index (χ4n) is 5.59. The quantitative estimate of drug-likeness (QED) is 0.243. The van der Waals surface area contributed by atoms with Crippen LogP contribution in [0.25, 0.3) is 56.5 Å². The van der Waals surface area contributed by atoms with Gasteiger partial charge in [0.05, 0.1) is 29.2 Å². The van der Waals surface area contributed by atoms with Crippen molar-refractivity contribution in [3.05, 3.63) is 82.5 Å². The van der Waals surface area contributed by atoms with Gasteiger partial charge in [-0.2, -0.15) is 0 Å². The molecule has 8 bridgehead atoms. The smallest absolute Gasteiger partial charge is 0.307 e. The van der Waals surface area contributed by atoms with Gasteiger partial charge in [0.15, 0.2) is 0 Å². The van der Waals surface area contributed by atoms with E-state index >= 15 is 0 Å². The number of carboxylic acids is 2. The summed E-state index contributed by atoms with van der Waals surface area (Å²) in [7, 11) is 0. The maximum Gasteiger partial charge on any atom is 0.307 e. The lowest BCUT2D eigenvalue weighted by Crippen LogP contribution is -1.98. The number of hydrogen-bond donors (Lipinski definition) is 4. The van der Waals surface area contributed by atoms with Crippen LogP contribution in [0.3, 0.4) is 0 Å². The Kier molecular flexibility index (Phi) is 7.09. The third kappa shape index (κ3) is 4.93. The van der Waals surface area contributed by atoms with Gasteiger partial charge in [0.1, 0.15) is 0 Å². The van der Waals surface area contributed by atoms with Crippen molar-refractivity contribution in [2.45, 2.75) is 47.0 Å². The van der Waals surface area contributed by atoms with Gasteiger partial charge in [0.25, 0.3) is 0 Å². The summed E-state index contributed by atoms with van der Waals surface area (Å²) in [5.41, 5.74) is 12.9. The van der Waals surface area contributed by atoms with E-state index in [1.54, 1.807) is 12.1 Å². The average molecular weight is 549 g/mol. The Bertz CT molecular complexity index is 1900. The Morgan fingerprint density at radius 2 is 1.20 bits per heavy atom. The normalized spacial score (nSPS) is 13.1. The second-order valence-corrected chi connectivity index (χ2v) is 10.4. The van der Waals surface area contributed by atoms with Crippen LogP contribution in [0, 0.1) is 13.8 Å². The Labute approximate surface area is 237 Å². The summed E-state index contributed by atoms with van der Waals surface area (Å²) in [5.74, 6) is -1.87. The van der Waals surface area contributed by atoms with Gasteiger partial charge in [-0.1, -0.05) is 25.3 Å². The topological polar surface area (TPSA) is 132 Å². The Balaban J connectivity index is 1.96. The second kappa shape index (κ2) is 10.5. The first-order valence-corrected chi connectivity index (χ1v) is 13.4. The number of rotatable bonds is 7. The zero-order chi connectivity index (χ0) is 29.6. The van der Waals surface area contributed by atoms with E-state index in [0.29, 0.717) is 28.3 Å². The van der Waals surface area contributed by atoms with E-state index in [1.165, 1.54) is 0 Å². The molecule has 208 valence electrons. The molecular weight excluding hydrogens is 516 g/mol. The van der Waals surface area contributed by atoms with Crippen molar-refractivity contribution in [2.24, 2.45) is 0 Å². The minimum atomic E-state index is -0.963. The van der Waals surface area contributed by atoms with Crippen molar-refractivity contribution in [1.29, 1.82) is 0 Å². The first kappa shape index (κ1) is 27.6. The second-order valence-electron chi connectivity index (χ2n) is 10.4. The highest BCUT2D eigenvalue weighted by atomic mass is 16.4. The Morgan fingerprint density at radius 1 is 0.707 bits per heavy atom. The molecule has 0 atom stereocenters. The van der Waals surface area contributed by atoms with Gasteiger partial charge in [-0.05, 0) is 91.8 Å². The number of hydrogen-bond acceptors (Lipinski definition) is 4. The third-order valence-corrected chi connectivity index (χ3v) is 7.96. The molecule has 5 rings (SSSR count). The summed E-state index contributed by atoms with van der Waals surface area (Å²) in [4.78, 5) is 40.1. The number of aryl methyl sites for hydroxylation is 2. The molecule has 41 heavy (non-hydrogen) atoms. The van der Waals surface area contributed by atoms with Crippen LogP contribution in [0.2, 0.25) is 0 Å². The van der Waals surface area contributed by atoms with Crippen LogP contribution in [0.15, 0.2) is 37.4 Å². The molecule has 8 nitrogen and oxygen atoms in total. The van der Waals surface area contributed by atoms with Crippen LogP contribution < -0.4 is 0 Å². The van der Waals surface area contributed by atoms with Crippen LogP contribution >= 0.6 is 0 Å². The Hall–Kier alpha value is -4.98. The molecule has 0 aromatic carbocycles. The monoisotopic (exact) mass is 548 g/mol. The predicted octanol–water partition coefficient (Wildman–Crippen LogP) is 7.42. The average Bonchev–Trinajstić information content (AvgIpc) is 3.57. The number of H-pyrrole nitrogens is 2. The largest absolute Gasteiger partial charge is 0.481 e. The lowest BCUT2D eigenvalue weighted by Gasteiger charge is -2.04. The molecule has 0 radical (unpaired) electrons. The number of carbonyl (C=O) groups is 2. The molecule has 0 fully saturated rings. The molecular formula is C33H32N4O4. The van der Waals surface area contributed by atoms with E-state index < -0.39 is 11.9 Å².